The van der Waals surface area contributed by atoms with Gasteiger partial charge in [0, 0.05) is 29.9 Å². The van der Waals surface area contributed by atoms with Crippen molar-refractivity contribution in [3.8, 4) is 5.75 Å². The molecule has 1 aliphatic carbocycles. The number of carbonyl (C=O) groups excluding carboxylic acids is 2. The van der Waals surface area contributed by atoms with Crippen LogP contribution in [0.2, 0.25) is 0 Å². The SMILES string of the molecule is O=C(NCc1ccc(F)cc1F)c1cn2c(c(O)c1=O)C(=O)N1C(C2)OCCC12CC2. The molecule has 8 nitrogen and oxygen atoms in total. The van der Waals surface area contributed by atoms with Crippen LogP contribution in [-0.4, -0.2) is 44.8 Å². The number of benzene rings is 1. The normalized spacial score (nSPS) is 20.9. The summed E-state index contributed by atoms with van der Waals surface area (Å²) in [5.41, 5.74) is -1.78. The van der Waals surface area contributed by atoms with Crippen LogP contribution in [0, 0.1) is 11.6 Å². The van der Waals surface area contributed by atoms with Gasteiger partial charge in [0.25, 0.3) is 11.8 Å². The molecule has 2 amide bonds. The molecule has 1 atom stereocenters. The molecule has 2 aromatic rings. The van der Waals surface area contributed by atoms with Crippen LogP contribution in [0.5, 0.6) is 5.75 Å². The van der Waals surface area contributed by atoms with Crippen LogP contribution in [-0.2, 0) is 17.8 Å². The van der Waals surface area contributed by atoms with Crippen LogP contribution in [0.1, 0.15) is 45.7 Å². The first-order chi connectivity index (χ1) is 14.8. The zero-order valence-corrected chi connectivity index (χ0v) is 16.4. The molecule has 0 radical (unpaired) electrons. The lowest BCUT2D eigenvalue weighted by atomic mass is 10.0. The van der Waals surface area contributed by atoms with Crippen molar-refractivity contribution >= 4 is 11.8 Å². The van der Waals surface area contributed by atoms with Crippen molar-refractivity contribution in [1.29, 1.82) is 0 Å². The average Bonchev–Trinajstić information content (AvgIpc) is 3.49. The number of halogens is 2. The van der Waals surface area contributed by atoms with Crippen LogP contribution < -0.4 is 10.7 Å². The molecule has 10 heteroatoms. The molecular weight excluding hydrogens is 412 g/mol. The minimum absolute atomic E-state index is 0.0354. The number of amides is 2. The van der Waals surface area contributed by atoms with E-state index in [1.54, 1.807) is 4.90 Å². The van der Waals surface area contributed by atoms with Gasteiger partial charge in [0.2, 0.25) is 5.43 Å². The summed E-state index contributed by atoms with van der Waals surface area (Å²) in [6.07, 6.45) is 3.08. The molecule has 1 unspecified atom stereocenters. The first-order valence-electron chi connectivity index (χ1n) is 9.94. The highest BCUT2D eigenvalue weighted by atomic mass is 19.1. The van der Waals surface area contributed by atoms with E-state index in [1.165, 1.54) is 16.8 Å². The summed E-state index contributed by atoms with van der Waals surface area (Å²) in [4.78, 5) is 39.9. The van der Waals surface area contributed by atoms with Gasteiger partial charge in [-0.1, -0.05) is 6.07 Å². The summed E-state index contributed by atoms with van der Waals surface area (Å²) in [6.45, 7) is 0.393. The Labute approximate surface area is 175 Å². The number of hydrogen-bond donors (Lipinski definition) is 2. The summed E-state index contributed by atoms with van der Waals surface area (Å²) in [6, 6.07) is 2.93. The van der Waals surface area contributed by atoms with Crippen LogP contribution in [0.15, 0.2) is 29.2 Å². The summed E-state index contributed by atoms with van der Waals surface area (Å²) in [5.74, 6) is -3.73. The Balaban J connectivity index is 1.44. The van der Waals surface area contributed by atoms with Gasteiger partial charge in [-0.05, 0) is 25.3 Å². The van der Waals surface area contributed by atoms with E-state index in [4.69, 9.17) is 4.74 Å². The lowest BCUT2D eigenvalue weighted by molar-refractivity contribution is -0.123. The van der Waals surface area contributed by atoms with Crippen molar-refractivity contribution in [3.05, 3.63) is 63.1 Å². The third-order valence-electron chi connectivity index (χ3n) is 6.23. The zero-order chi connectivity index (χ0) is 21.9. The van der Waals surface area contributed by atoms with E-state index in [0.717, 1.165) is 18.9 Å². The lowest BCUT2D eigenvalue weighted by Gasteiger charge is -2.46. The maximum Gasteiger partial charge on any atom is 0.277 e. The molecule has 1 saturated carbocycles. The predicted octanol–water partition coefficient (Wildman–Crippen LogP) is 1.50. The molecule has 1 aromatic carbocycles. The van der Waals surface area contributed by atoms with Crippen molar-refractivity contribution < 1.29 is 28.2 Å². The second-order valence-electron chi connectivity index (χ2n) is 8.11. The third kappa shape index (κ3) is 3.09. The highest BCUT2D eigenvalue weighted by Gasteiger charge is 2.57. The summed E-state index contributed by atoms with van der Waals surface area (Å²) in [7, 11) is 0. The first-order valence-corrected chi connectivity index (χ1v) is 9.94. The van der Waals surface area contributed by atoms with E-state index in [9.17, 15) is 28.3 Å². The topological polar surface area (TPSA) is 101 Å². The molecule has 2 N–H and O–H groups in total. The molecule has 2 fully saturated rings. The molecule has 1 aromatic heterocycles. The van der Waals surface area contributed by atoms with E-state index in [1.807, 2.05) is 0 Å². The Morgan fingerprint density at radius 3 is 2.74 bits per heavy atom. The standard InChI is InChI=1S/C21H19F2N3O5/c22-12-2-1-11(14(23)7-12)8-24-19(29)13-9-25-10-15-26(21(3-4-21)5-6-31-15)20(30)16(25)18(28)17(13)27/h1-2,7,9,15,28H,3-6,8,10H2,(H,24,29). The van der Waals surface area contributed by atoms with Gasteiger partial charge in [-0.3, -0.25) is 14.4 Å². The first kappa shape index (κ1) is 19.7. The number of rotatable bonds is 3. The van der Waals surface area contributed by atoms with Crippen molar-refractivity contribution in [1.82, 2.24) is 14.8 Å². The van der Waals surface area contributed by atoms with E-state index < -0.39 is 40.9 Å². The van der Waals surface area contributed by atoms with Gasteiger partial charge in [-0.25, -0.2) is 8.78 Å². The Hall–Kier alpha value is -3.27. The smallest absolute Gasteiger partial charge is 0.277 e. The quantitative estimate of drug-likeness (QED) is 0.767. The van der Waals surface area contributed by atoms with Crippen LogP contribution >= 0.6 is 0 Å². The Kier molecular flexibility index (Phi) is 4.37. The molecule has 162 valence electrons. The van der Waals surface area contributed by atoms with Crippen molar-refractivity contribution in [2.45, 2.75) is 44.1 Å². The molecular formula is C21H19F2N3O5. The molecule has 31 heavy (non-hydrogen) atoms. The maximum absolute atomic E-state index is 13.8. The summed E-state index contributed by atoms with van der Waals surface area (Å²) >= 11 is 0. The Bertz CT molecular complexity index is 1170. The van der Waals surface area contributed by atoms with Gasteiger partial charge in [0.05, 0.1) is 13.2 Å². The number of pyridine rings is 1. The van der Waals surface area contributed by atoms with Crippen LogP contribution in [0.3, 0.4) is 0 Å². The second kappa shape index (κ2) is 6.88. The highest BCUT2D eigenvalue weighted by molar-refractivity contribution is 5.99. The number of carbonyl (C=O) groups is 2. The summed E-state index contributed by atoms with van der Waals surface area (Å²) in [5, 5.41) is 12.9. The van der Waals surface area contributed by atoms with Crippen LogP contribution in [0.4, 0.5) is 8.78 Å². The zero-order valence-electron chi connectivity index (χ0n) is 16.4. The molecule has 1 saturated heterocycles. The second-order valence-corrected chi connectivity index (χ2v) is 8.11. The average molecular weight is 431 g/mol. The fraction of sp³-hybridized carbons (Fsp3) is 0.381. The van der Waals surface area contributed by atoms with Crippen molar-refractivity contribution in [2.75, 3.05) is 6.61 Å². The molecule has 3 heterocycles. The highest BCUT2D eigenvalue weighted by Crippen LogP contribution is 2.50. The van der Waals surface area contributed by atoms with E-state index in [0.29, 0.717) is 19.1 Å². The number of fused-ring (bicyclic) bond motifs is 3. The minimum Gasteiger partial charge on any atom is -0.503 e. The van der Waals surface area contributed by atoms with Gasteiger partial charge in [0.1, 0.15) is 17.2 Å². The van der Waals surface area contributed by atoms with Gasteiger partial charge in [-0.2, -0.15) is 0 Å². The number of aromatic nitrogens is 1. The van der Waals surface area contributed by atoms with E-state index in [-0.39, 0.29) is 35.4 Å². The van der Waals surface area contributed by atoms with Gasteiger partial charge in [0.15, 0.2) is 17.7 Å². The monoisotopic (exact) mass is 431 g/mol. The molecule has 3 aliphatic rings. The van der Waals surface area contributed by atoms with Crippen molar-refractivity contribution in [3.63, 3.8) is 0 Å². The molecule has 5 rings (SSSR count). The molecule has 2 aliphatic heterocycles. The fourth-order valence-corrected chi connectivity index (χ4v) is 4.40. The number of hydrogen-bond acceptors (Lipinski definition) is 5. The van der Waals surface area contributed by atoms with Gasteiger partial charge < -0.3 is 24.6 Å². The van der Waals surface area contributed by atoms with E-state index >= 15 is 0 Å². The van der Waals surface area contributed by atoms with Gasteiger partial charge in [-0.15, -0.1) is 0 Å². The number of ether oxygens (including phenoxy) is 1. The van der Waals surface area contributed by atoms with Crippen molar-refractivity contribution in [2.24, 2.45) is 0 Å². The lowest BCUT2D eigenvalue weighted by Crippen LogP contribution is -2.59. The van der Waals surface area contributed by atoms with Crippen LogP contribution in [0.25, 0.3) is 0 Å². The molecule has 0 bridgehead atoms. The Morgan fingerprint density at radius 1 is 1.26 bits per heavy atom. The summed E-state index contributed by atoms with van der Waals surface area (Å²) < 4.78 is 33.9. The minimum atomic E-state index is -0.988. The largest absolute Gasteiger partial charge is 0.503 e. The third-order valence-corrected chi connectivity index (χ3v) is 6.23. The van der Waals surface area contributed by atoms with E-state index in [2.05, 4.69) is 5.32 Å². The number of nitrogens with zero attached hydrogens (tertiary/aromatic N) is 2. The maximum atomic E-state index is 13.8. The Morgan fingerprint density at radius 2 is 2.03 bits per heavy atom. The molecule has 1 spiro atoms. The number of aromatic hydroxyl groups is 1. The van der Waals surface area contributed by atoms with Gasteiger partial charge >= 0.3 is 0 Å². The number of nitrogens with one attached hydrogen (secondary N) is 1. The fourth-order valence-electron chi connectivity index (χ4n) is 4.40. The predicted molar refractivity (Wildman–Crippen MR) is 102 cm³/mol.